The Hall–Kier alpha value is -4.28. The van der Waals surface area contributed by atoms with Gasteiger partial charge in [0.1, 0.15) is 6.04 Å². The molecule has 2 aromatic carbocycles. The van der Waals surface area contributed by atoms with E-state index in [2.05, 4.69) is 16.0 Å². The van der Waals surface area contributed by atoms with E-state index in [0.29, 0.717) is 60.7 Å². The number of hydrogen-bond acceptors (Lipinski definition) is 9. The summed E-state index contributed by atoms with van der Waals surface area (Å²) in [5.74, 6) is 0.646. The molecule has 0 saturated heterocycles. The van der Waals surface area contributed by atoms with Crippen molar-refractivity contribution >= 4 is 23.5 Å². The average Bonchev–Trinajstić information content (AvgIpc) is 3.27. The van der Waals surface area contributed by atoms with Crippen LogP contribution in [0.2, 0.25) is 0 Å². The molecule has 3 rings (SSSR count). The van der Waals surface area contributed by atoms with Crippen LogP contribution in [0.5, 0.6) is 17.2 Å². The van der Waals surface area contributed by atoms with Crippen LogP contribution >= 0.6 is 0 Å². The summed E-state index contributed by atoms with van der Waals surface area (Å²) in [5.41, 5.74) is 3.43. The van der Waals surface area contributed by atoms with E-state index in [0.717, 1.165) is 36.0 Å². The van der Waals surface area contributed by atoms with Crippen LogP contribution in [0.15, 0.2) is 29.1 Å². The number of anilines is 1. The zero-order valence-corrected chi connectivity index (χ0v) is 27.5. The molecule has 1 aliphatic rings. The van der Waals surface area contributed by atoms with E-state index < -0.39 is 12.0 Å². The number of benzene rings is 1. The van der Waals surface area contributed by atoms with Crippen molar-refractivity contribution < 1.29 is 33.3 Å². The van der Waals surface area contributed by atoms with E-state index in [-0.39, 0.29) is 29.2 Å². The van der Waals surface area contributed by atoms with Crippen LogP contribution in [0, 0.1) is 5.92 Å². The number of carbonyl (C=O) groups is 3. The maximum atomic E-state index is 13.5. The van der Waals surface area contributed by atoms with Gasteiger partial charge in [-0.2, -0.15) is 0 Å². The highest BCUT2D eigenvalue weighted by molar-refractivity contribution is 5.85. The van der Waals surface area contributed by atoms with E-state index in [9.17, 15) is 19.2 Å². The Bertz CT molecular complexity index is 1430. The molecule has 246 valence electrons. The lowest BCUT2D eigenvalue weighted by Gasteiger charge is -2.21. The SMILES string of the molecule is CC[C@@H](C)[C@H](NC(=O)CCCCCNc1ccc2c(cc1=O)[C@@H](NC(C)=O)CCc1cc(OC)c(OC)c(OC)c1-2)C(=O)OC. The molecule has 0 aliphatic heterocycles. The van der Waals surface area contributed by atoms with Crippen molar-refractivity contribution in [2.45, 2.75) is 77.8 Å². The van der Waals surface area contributed by atoms with Crippen LogP contribution in [-0.4, -0.2) is 58.8 Å². The number of rotatable bonds is 15. The number of ether oxygens (including phenoxy) is 4. The van der Waals surface area contributed by atoms with Crippen molar-refractivity contribution in [2.75, 3.05) is 40.3 Å². The van der Waals surface area contributed by atoms with Crippen LogP contribution in [0.4, 0.5) is 5.69 Å². The zero-order chi connectivity index (χ0) is 33.1. The molecule has 1 aliphatic carbocycles. The van der Waals surface area contributed by atoms with Crippen LogP contribution in [0.3, 0.4) is 0 Å². The summed E-state index contributed by atoms with van der Waals surface area (Å²) >= 11 is 0. The normalized spacial score (nSPS) is 14.9. The summed E-state index contributed by atoms with van der Waals surface area (Å²) in [7, 11) is 6.00. The third kappa shape index (κ3) is 8.67. The van der Waals surface area contributed by atoms with Gasteiger partial charge >= 0.3 is 5.97 Å². The summed E-state index contributed by atoms with van der Waals surface area (Å²) in [4.78, 5) is 50.1. The minimum Gasteiger partial charge on any atom is -0.493 e. The van der Waals surface area contributed by atoms with Crippen molar-refractivity contribution in [3.05, 3.63) is 45.6 Å². The molecule has 0 saturated carbocycles. The first-order chi connectivity index (χ1) is 21.6. The smallest absolute Gasteiger partial charge is 0.328 e. The molecule has 2 amide bonds. The quantitative estimate of drug-likeness (QED) is 0.192. The summed E-state index contributed by atoms with van der Waals surface area (Å²) in [5, 5.41) is 9.06. The number of hydrogen-bond donors (Lipinski definition) is 3. The van der Waals surface area contributed by atoms with Crippen molar-refractivity contribution in [1.82, 2.24) is 10.6 Å². The topological polar surface area (TPSA) is 141 Å². The second-order valence-electron chi connectivity index (χ2n) is 11.3. The van der Waals surface area contributed by atoms with E-state index in [1.165, 1.54) is 14.0 Å². The Morgan fingerprint density at radius 1 is 0.978 bits per heavy atom. The molecule has 0 heterocycles. The largest absolute Gasteiger partial charge is 0.493 e. The molecule has 2 aromatic rings. The fourth-order valence-electron chi connectivity index (χ4n) is 5.71. The molecule has 0 bridgehead atoms. The van der Waals surface area contributed by atoms with Gasteiger partial charge in [-0.25, -0.2) is 4.79 Å². The Morgan fingerprint density at radius 3 is 2.33 bits per heavy atom. The molecule has 0 spiro atoms. The zero-order valence-electron chi connectivity index (χ0n) is 27.5. The van der Waals surface area contributed by atoms with Crippen LogP contribution in [-0.2, 0) is 25.5 Å². The van der Waals surface area contributed by atoms with Gasteiger partial charge in [0.05, 0.1) is 40.2 Å². The predicted octanol–water partition coefficient (Wildman–Crippen LogP) is 4.54. The molecule has 45 heavy (non-hydrogen) atoms. The number of esters is 1. The lowest BCUT2D eigenvalue weighted by atomic mass is 9.95. The monoisotopic (exact) mass is 625 g/mol. The van der Waals surface area contributed by atoms with Crippen LogP contribution in [0.1, 0.15) is 76.5 Å². The maximum Gasteiger partial charge on any atom is 0.328 e. The number of aryl methyl sites for hydroxylation is 1. The van der Waals surface area contributed by atoms with Gasteiger partial charge in [0.15, 0.2) is 11.5 Å². The minimum atomic E-state index is -0.654. The summed E-state index contributed by atoms with van der Waals surface area (Å²) in [6.45, 7) is 5.86. The van der Waals surface area contributed by atoms with Gasteiger partial charge in [-0.1, -0.05) is 32.8 Å². The average molecular weight is 626 g/mol. The van der Waals surface area contributed by atoms with E-state index >= 15 is 0 Å². The highest BCUT2D eigenvalue weighted by Crippen LogP contribution is 2.50. The Morgan fingerprint density at radius 2 is 1.71 bits per heavy atom. The van der Waals surface area contributed by atoms with Crippen molar-refractivity contribution in [2.24, 2.45) is 5.92 Å². The maximum absolute atomic E-state index is 13.5. The van der Waals surface area contributed by atoms with E-state index in [1.54, 1.807) is 33.5 Å². The van der Waals surface area contributed by atoms with Crippen molar-refractivity contribution in [3.63, 3.8) is 0 Å². The van der Waals surface area contributed by atoms with Crippen LogP contribution in [0.25, 0.3) is 11.1 Å². The first kappa shape index (κ1) is 35.2. The van der Waals surface area contributed by atoms with Gasteiger partial charge in [0.25, 0.3) is 0 Å². The second-order valence-corrected chi connectivity index (χ2v) is 11.3. The Labute approximate surface area is 265 Å². The molecule has 3 atom stereocenters. The molecule has 0 unspecified atom stereocenters. The molecule has 11 heteroatoms. The molecule has 3 N–H and O–H groups in total. The molecular weight excluding hydrogens is 578 g/mol. The van der Waals surface area contributed by atoms with Crippen molar-refractivity contribution in [1.29, 1.82) is 0 Å². The lowest BCUT2D eigenvalue weighted by Crippen LogP contribution is -2.45. The third-order valence-electron chi connectivity index (χ3n) is 8.30. The fraction of sp³-hybridized carbons (Fsp3) is 0.529. The number of nitrogens with one attached hydrogen (secondary N) is 3. The highest BCUT2D eigenvalue weighted by Gasteiger charge is 2.30. The number of methoxy groups -OCH3 is 4. The third-order valence-corrected chi connectivity index (χ3v) is 8.30. The minimum absolute atomic E-state index is 0.0259. The lowest BCUT2D eigenvalue weighted by molar-refractivity contribution is -0.146. The number of amides is 2. The fourth-order valence-corrected chi connectivity index (χ4v) is 5.71. The highest BCUT2D eigenvalue weighted by atomic mass is 16.5. The standard InChI is InChI=1S/C34H47N3O8/c1-8-20(2)31(34(41)45-7)37-29(40)12-10-9-11-17-35-26-16-14-23-24(19-27(26)39)25(36-21(3)38)15-13-22-18-28(42-4)32(43-5)33(44-6)30(22)23/h14,16,18-20,25,31H,8-13,15,17H2,1-7H3,(H,35,39)(H,36,38)(H,37,40)/t20-,25+,31+/m1/s1. The summed E-state index contributed by atoms with van der Waals surface area (Å²) in [6, 6.07) is 6.10. The first-order valence-corrected chi connectivity index (χ1v) is 15.5. The number of unbranched alkanes of at least 4 members (excludes halogenated alkanes) is 2. The molecule has 0 aromatic heterocycles. The van der Waals surface area contributed by atoms with Gasteiger partial charge in [-0.05, 0) is 66.5 Å². The number of carbonyl (C=O) groups excluding carboxylic acids is 3. The van der Waals surface area contributed by atoms with Gasteiger partial charge in [0, 0.05) is 25.5 Å². The molecule has 0 radical (unpaired) electrons. The van der Waals surface area contributed by atoms with Gasteiger partial charge in [0.2, 0.25) is 23.0 Å². The van der Waals surface area contributed by atoms with E-state index in [1.807, 2.05) is 26.0 Å². The molecular formula is C34H47N3O8. The second kappa shape index (κ2) is 16.7. The summed E-state index contributed by atoms with van der Waals surface area (Å²) in [6.07, 6.45) is 4.37. The van der Waals surface area contributed by atoms with Gasteiger partial charge < -0.3 is 34.9 Å². The molecule has 0 fully saturated rings. The van der Waals surface area contributed by atoms with E-state index in [4.69, 9.17) is 18.9 Å². The Kier molecular flexibility index (Phi) is 13.1. The summed E-state index contributed by atoms with van der Waals surface area (Å²) < 4.78 is 21.9. The molecule has 11 nitrogen and oxygen atoms in total. The van der Waals surface area contributed by atoms with Crippen molar-refractivity contribution in [3.8, 4) is 28.4 Å². The predicted molar refractivity (Wildman–Crippen MR) is 173 cm³/mol. The number of fused-ring (bicyclic) bond motifs is 3. The van der Waals surface area contributed by atoms with Gasteiger partial charge in [-0.15, -0.1) is 0 Å². The first-order valence-electron chi connectivity index (χ1n) is 15.5. The van der Waals surface area contributed by atoms with Crippen LogP contribution < -0.4 is 35.6 Å². The van der Waals surface area contributed by atoms with Gasteiger partial charge in [-0.3, -0.25) is 14.4 Å². The Balaban J connectivity index is 1.78.